The molecule has 1 aromatic carbocycles. The fourth-order valence-electron chi connectivity index (χ4n) is 2.98. The van der Waals surface area contributed by atoms with Crippen molar-refractivity contribution < 1.29 is 19.0 Å². The predicted molar refractivity (Wildman–Crippen MR) is 94.3 cm³/mol. The van der Waals surface area contributed by atoms with Crippen LogP contribution in [0.2, 0.25) is 0 Å². The van der Waals surface area contributed by atoms with Gasteiger partial charge in [-0.3, -0.25) is 4.90 Å². The van der Waals surface area contributed by atoms with Crippen molar-refractivity contribution in [3.05, 3.63) is 23.8 Å². The van der Waals surface area contributed by atoms with E-state index in [1.54, 1.807) is 0 Å². The van der Waals surface area contributed by atoms with Crippen LogP contribution in [0.4, 0.5) is 4.79 Å². The third-order valence-corrected chi connectivity index (χ3v) is 4.51. The van der Waals surface area contributed by atoms with E-state index in [9.17, 15) is 4.79 Å². The fourth-order valence-corrected chi connectivity index (χ4v) is 2.98. The molecule has 0 bridgehead atoms. The Kier molecular flexibility index (Phi) is 5.65. The Bertz CT molecular complexity index is 600. The Morgan fingerprint density at radius 1 is 1.12 bits per heavy atom. The molecule has 25 heavy (non-hydrogen) atoms. The number of urea groups is 1. The molecule has 7 nitrogen and oxygen atoms in total. The number of ether oxygens (including phenoxy) is 3. The van der Waals surface area contributed by atoms with Crippen LogP contribution in [0.25, 0.3) is 0 Å². The van der Waals surface area contributed by atoms with Gasteiger partial charge in [0.15, 0.2) is 11.5 Å². The number of carbonyl (C=O) groups is 1. The second kappa shape index (κ2) is 7.93. The van der Waals surface area contributed by atoms with Gasteiger partial charge in [0.25, 0.3) is 0 Å². The molecule has 0 aliphatic carbocycles. The standard InChI is InChI=1S/C18H27N3O4/c1-18(2,14-3-4-15-16(13-14)25-12-11-24-15)20-17(22)19-5-6-21-7-9-23-10-8-21/h3-4,13H,5-12H2,1-2H3,(H2,19,20,22). The smallest absolute Gasteiger partial charge is 0.315 e. The number of amides is 2. The Morgan fingerprint density at radius 2 is 1.84 bits per heavy atom. The zero-order chi connectivity index (χ0) is 17.7. The van der Waals surface area contributed by atoms with Crippen LogP contribution in [0, 0.1) is 0 Å². The van der Waals surface area contributed by atoms with Crippen LogP contribution in [0.3, 0.4) is 0 Å². The summed E-state index contributed by atoms with van der Waals surface area (Å²) in [5, 5.41) is 5.96. The van der Waals surface area contributed by atoms with Crippen molar-refractivity contribution in [1.82, 2.24) is 15.5 Å². The van der Waals surface area contributed by atoms with E-state index in [1.807, 2.05) is 32.0 Å². The molecule has 2 aliphatic heterocycles. The highest BCUT2D eigenvalue weighted by Gasteiger charge is 2.25. The molecule has 138 valence electrons. The topological polar surface area (TPSA) is 72.1 Å². The summed E-state index contributed by atoms with van der Waals surface area (Å²) in [5.74, 6) is 1.48. The third-order valence-electron chi connectivity index (χ3n) is 4.51. The molecule has 0 unspecified atom stereocenters. The fraction of sp³-hybridized carbons (Fsp3) is 0.611. The third kappa shape index (κ3) is 4.76. The van der Waals surface area contributed by atoms with E-state index in [-0.39, 0.29) is 6.03 Å². The van der Waals surface area contributed by atoms with Crippen LogP contribution in [-0.4, -0.2) is 63.5 Å². The molecule has 0 atom stereocenters. The van der Waals surface area contributed by atoms with E-state index in [2.05, 4.69) is 15.5 Å². The van der Waals surface area contributed by atoms with Gasteiger partial charge < -0.3 is 24.8 Å². The number of hydrogen-bond acceptors (Lipinski definition) is 5. The number of nitrogens with one attached hydrogen (secondary N) is 2. The molecular formula is C18H27N3O4. The summed E-state index contributed by atoms with van der Waals surface area (Å²) in [6, 6.07) is 5.61. The van der Waals surface area contributed by atoms with Crippen molar-refractivity contribution in [1.29, 1.82) is 0 Å². The minimum Gasteiger partial charge on any atom is -0.486 e. The van der Waals surface area contributed by atoms with Crippen molar-refractivity contribution in [3.63, 3.8) is 0 Å². The van der Waals surface area contributed by atoms with Crippen molar-refractivity contribution in [2.24, 2.45) is 0 Å². The lowest BCUT2D eigenvalue weighted by molar-refractivity contribution is 0.0387. The lowest BCUT2D eigenvalue weighted by Crippen LogP contribution is -2.48. The maximum Gasteiger partial charge on any atom is 0.315 e. The van der Waals surface area contributed by atoms with Gasteiger partial charge in [-0.2, -0.15) is 0 Å². The highest BCUT2D eigenvalue weighted by Crippen LogP contribution is 2.34. The highest BCUT2D eigenvalue weighted by molar-refractivity contribution is 5.75. The van der Waals surface area contributed by atoms with Gasteiger partial charge in [0.2, 0.25) is 0 Å². The molecule has 2 aliphatic rings. The summed E-state index contributed by atoms with van der Waals surface area (Å²) in [4.78, 5) is 14.5. The average Bonchev–Trinajstić information content (AvgIpc) is 2.62. The molecule has 2 heterocycles. The summed E-state index contributed by atoms with van der Waals surface area (Å²) in [6.07, 6.45) is 0. The Labute approximate surface area is 148 Å². The minimum atomic E-state index is -0.515. The van der Waals surface area contributed by atoms with Gasteiger partial charge in [0.1, 0.15) is 13.2 Å². The summed E-state index contributed by atoms with van der Waals surface area (Å²) in [5.41, 5.74) is 0.457. The van der Waals surface area contributed by atoms with Gasteiger partial charge in [0, 0.05) is 26.2 Å². The molecule has 7 heteroatoms. The van der Waals surface area contributed by atoms with Crippen molar-refractivity contribution in [2.45, 2.75) is 19.4 Å². The van der Waals surface area contributed by atoms with E-state index in [0.29, 0.717) is 19.8 Å². The van der Waals surface area contributed by atoms with Crippen LogP contribution in [0.5, 0.6) is 11.5 Å². The van der Waals surface area contributed by atoms with Gasteiger partial charge >= 0.3 is 6.03 Å². The highest BCUT2D eigenvalue weighted by atomic mass is 16.6. The molecule has 0 radical (unpaired) electrons. The van der Waals surface area contributed by atoms with Gasteiger partial charge in [0.05, 0.1) is 18.8 Å². The molecule has 1 fully saturated rings. The lowest BCUT2D eigenvalue weighted by Gasteiger charge is -2.29. The van der Waals surface area contributed by atoms with Crippen molar-refractivity contribution in [2.75, 3.05) is 52.6 Å². The van der Waals surface area contributed by atoms with Gasteiger partial charge in [-0.05, 0) is 31.5 Å². The van der Waals surface area contributed by atoms with E-state index in [0.717, 1.165) is 49.9 Å². The average molecular weight is 349 g/mol. The van der Waals surface area contributed by atoms with Gasteiger partial charge in [-0.1, -0.05) is 6.07 Å². The van der Waals surface area contributed by atoms with Crippen LogP contribution in [-0.2, 0) is 10.3 Å². The number of morpholine rings is 1. The number of carbonyl (C=O) groups excluding carboxylic acids is 1. The maximum absolute atomic E-state index is 12.2. The van der Waals surface area contributed by atoms with Gasteiger partial charge in [-0.25, -0.2) is 4.79 Å². The molecule has 1 aromatic rings. The van der Waals surface area contributed by atoms with Crippen LogP contribution >= 0.6 is 0 Å². The summed E-state index contributed by atoms with van der Waals surface area (Å²) in [7, 11) is 0. The van der Waals surface area contributed by atoms with E-state index >= 15 is 0 Å². The molecule has 3 rings (SSSR count). The molecular weight excluding hydrogens is 322 g/mol. The lowest BCUT2D eigenvalue weighted by atomic mass is 9.94. The van der Waals surface area contributed by atoms with Crippen LogP contribution in [0.1, 0.15) is 19.4 Å². The first-order valence-electron chi connectivity index (χ1n) is 8.81. The van der Waals surface area contributed by atoms with Crippen LogP contribution < -0.4 is 20.1 Å². The number of nitrogens with zero attached hydrogens (tertiary/aromatic N) is 1. The van der Waals surface area contributed by atoms with E-state index < -0.39 is 5.54 Å². The van der Waals surface area contributed by atoms with E-state index in [4.69, 9.17) is 14.2 Å². The predicted octanol–water partition coefficient (Wildman–Crippen LogP) is 1.32. The SMILES string of the molecule is CC(C)(NC(=O)NCCN1CCOCC1)c1ccc2c(c1)OCCO2. The number of benzene rings is 1. The molecule has 1 saturated heterocycles. The largest absolute Gasteiger partial charge is 0.486 e. The normalized spacial score (nSPS) is 17.8. The zero-order valence-corrected chi connectivity index (χ0v) is 15.0. The second-order valence-electron chi connectivity index (χ2n) is 6.82. The first kappa shape index (κ1) is 17.8. The zero-order valence-electron chi connectivity index (χ0n) is 15.0. The molecule has 0 aromatic heterocycles. The Morgan fingerprint density at radius 3 is 2.60 bits per heavy atom. The van der Waals surface area contributed by atoms with Crippen molar-refractivity contribution >= 4 is 6.03 Å². The summed E-state index contributed by atoms with van der Waals surface area (Å²) < 4.78 is 16.5. The minimum absolute atomic E-state index is 0.173. The monoisotopic (exact) mass is 349 g/mol. The molecule has 2 N–H and O–H groups in total. The summed E-state index contributed by atoms with van der Waals surface area (Å²) in [6.45, 7) is 9.89. The summed E-state index contributed by atoms with van der Waals surface area (Å²) >= 11 is 0. The number of hydrogen-bond donors (Lipinski definition) is 2. The number of rotatable bonds is 5. The van der Waals surface area contributed by atoms with Gasteiger partial charge in [-0.15, -0.1) is 0 Å². The molecule has 0 saturated carbocycles. The Balaban J connectivity index is 1.50. The van der Waals surface area contributed by atoms with Crippen molar-refractivity contribution in [3.8, 4) is 11.5 Å². The van der Waals surface area contributed by atoms with E-state index in [1.165, 1.54) is 0 Å². The Hall–Kier alpha value is -1.99. The molecule has 0 spiro atoms. The first-order valence-corrected chi connectivity index (χ1v) is 8.81. The maximum atomic E-state index is 12.2. The number of fused-ring (bicyclic) bond motifs is 1. The molecule has 2 amide bonds. The van der Waals surface area contributed by atoms with Crippen LogP contribution in [0.15, 0.2) is 18.2 Å². The second-order valence-corrected chi connectivity index (χ2v) is 6.82. The quantitative estimate of drug-likeness (QED) is 0.839. The first-order chi connectivity index (χ1) is 12.0.